The van der Waals surface area contributed by atoms with Gasteiger partial charge in [0.2, 0.25) is 0 Å². The van der Waals surface area contributed by atoms with Crippen molar-refractivity contribution in [1.82, 2.24) is 14.8 Å². The number of aromatic nitrogens is 3. The van der Waals surface area contributed by atoms with Gasteiger partial charge in [-0.25, -0.2) is 4.68 Å². The summed E-state index contributed by atoms with van der Waals surface area (Å²) in [7, 11) is 0. The zero-order chi connectivity index (χ0) is 14.2. The molecule has 0 N–H and O–H groups in total. The molecule has 3 heterocycles. The van der Waals surface area contributed by atoms with Gasteiger partial charge in [0, 0.05) is 49.1 Å². The van der Waals surface area contributed by atoms with Crippen molar-refractivity contribution in [2.45, 2.75) is 25.3 Å². The second kappa shape index (κ2) is 4.98. The predicted molar refractivity (Wildman–Crippen MR) is 80.4 cm³/mol. The Kier molecular flexibility index (Phi) is 2.98. The quantitative estimate of drug-likeness (QED) is 0.855. The lowest BCUT2D eigenvalue weighted by Gasteiger charge is -2.41. The van der Waals surface area contributed by atoms with Gasteiger partial charge < -0.3 is 4.90 Å². The number of nitrogens with zero attached hydrogens (tertiary/aromatic N) is 4. The summed E-state index contributed by atoms with van der Waals surface area (Å²) < 4.78 is 1.65. The van der Waals surface area contributed by atoms with E-state index in [9.17, 15) is 4.79 Å². The van der Waals surface area contributed by atoms with Crippen LogP contribution in [0.1, 0.15) is 24.5 Å². The molecule has 0 amide bonds. The summed E-state index contributed by atoms with van der Waals surface area (Å²) >= 11 is 0. The monoisotopic (exact) mass is 282 g/mol. The van der Waals surface area contributed by atoms with E-state index in [4.69, 9.17) is 0 Å². The molecular formula is C16H18N4O. The van der Waals surface area contributed by atoms with Gasteiger partial charge in [-0.05, 0) is 31.0 Å². The van der Waals surface area contributed by atoms with E-state index in [-0.39, 0.29) is 5.56 Å². The van der Waals surface area contributed by atoms with Crippen molar-refractivity contribution in [3.8, 4) is 0 Å². The molecule has 0 radical (unpaired) electrons. The maximum atomic E-state index is 11.9. The molecule has 5 nitrogen and oxygen atoms in total. The molecule has 2 aliphatic rings. The van der Waals surface area contributed by atoms with E-state index in [1.807, 2.05) is 30.6 Å². The molecule has 0 aromatic carbocycles. The maximum absolute atomic E-state index is 11.9. The Morgan fingerprint density at radius 2 is 1.86 bits per heavy atom. The Labute approximate surface area is 123 Å². The van der Waals surface area contributed by atoms with Crippen LogP contribution in [0.4, 0.5) is 5.69 Å². The van der Waals surface area contributed by atoms with Crippen LogP contribution in [0.2, 0.25) is 0 Å². The largest absolute Gasteiger partial charge is 0.371 e. The van der Waals surface area contributed by atoms with Crippen LogP contribution in [0.3, 0.4) is 0 Å². The Hall–Kier alpha value is -2.17. The summed E-state index contributed by atoms with van der Waals surface area (Å²) in [5.74, 6) is 1.09. The number of pyridine rings is 1. The molecule has 0 atom stereocenters. The minimum absolute atomic E-state index is 0.0155. The lowest BCUT2D eigenvalue weighted by molar-refractivity contribution is 0.333. The Balaban J connectivity index is 1.42. The van der Waals surface area contributed by atoms with Crippen LogP contribution in [0.15, 0.2) is 41.5 Å². The molecule has 5 heteroatoms. The molecule has 0 spiro atoms. The van der Waals surface area contributed by atoms with E-state index >= 15 is 0 Å². The van der Waals surface area contributed by atoms with Gasteiger partial charge in [0.1, 0.15) is 0 Å². The van der Waals surface area contributed by atoms with E-state index in [2.05, 4.69) is 15.0 Å². The molecule has 1 aliphatic carbocycles. The fourth-order valence-electron chi connectivity index (χ4n) is 2.89. The van der Waals surface area contributed by atoms with Gasteiger partial charge in [0.25, 0.3) is 5.56 Å². The molecule has 0 bridgehead atoms. The van der Waals surface area contributed by atoms with Crippen molar-refractivity contribution >= 4 is 5.69 Å². The van der Waals surface area contributed by atoms with Crippen LogP contribution >= 0.6 is 0 Å². The Morgan fingerprint density at radius 1 is 1.10 bits per heavy atom. The standard InChI is InChI=1S/C16H18N4O/c21-16-4-3-15(13-1-2-13)18-20(16)11-12-9-19(10-12)14-5-7-17-8-6-14/h3-8,12-13H,1-2,9-11H2. The summed E-state index contributed by atoms with van der Waals surface area (Å²) in [4.78, 5) is 18.3. The summed E-state index contributed by atoms with van der Waals surface area (Å²) in [6.45, 7) is 2.68. The first-order valence-electron chi connectivity index (χ1n) is 7.52. The van der Waals surface area contributed by atoms with Gasteiger partial charge in [-0.2, -0.15) is 5.10 Å². The summed E-state index contributed by atoms with van der Waals surface area (Å²) in [5.41, 5.74) is 2.30. The third-order valence-electron chi connectivity index (χ3n) is 4.30. The average Bonchev–Trinajstić information content (AvgIpc) is 3.29. The average molecular weight is 282 g/mol. The van der Waals surface area contributed by atoms with Gasteiger partial charge in [0.15, 0.2) is 0 Å². The molecule has 2 aromatic heterocycles. The van der Waals surface area contributed by atoms with Crippen molar-refractivity contribution < 1.29 is 0 Å². The molecule has 2 aromatic rings. The highest BCUT2D eigenvalue weighted by Gasteiger charge is 2.29. The molecule has 4 rings (SSSR count). The van der Waals surface area contributed by atoms with Crippen molar-refractivity contribution in [2.24, 2.45) is 5.92 Å². The predicted octanol–water partition coefficient (Wildman–Crippen LogP) is 1.65. The number of hydrogen-bond donors (Lipinski definition) is 0. The van der Waals surface area contributed by atoms with E-state index in [0.717, 1.165) is 25.3 Å². The molecule has 0 unspecified atom stereocenters. The highest BCUT2D eigenvalue weighted by molar-refractivity contribution is 5.47. The minimum atomic E-state index is 0.0155. The van der Waals surface area contributed by atoms with Gasteiger partial charge >= 0.3 is 0 Å². The van der Waals surface area contributed by atoms with Crippen LogP contribution in [0, 0.1) is 5.92 Å². The normalized spacial score (nSPS) is 18.6. The zero-order valence-electron chi connectivity index (χ0n) is 11.9. The van der Waals surface area contributed by atoms with Gasteiger partial charge in [-0.1, -0.05) is 0 Å². The van der Waals surface area contributed by atoms with Crippen LogP contribution in [-0.4, -0.2) is 27.9 Å². The molecular weight excluding hydrogens is 264 g/mol. The SMILES string of the molecule is O=c1ccc(C2CC2)nn1CC1CN(c2ccncc2)C1. The third-order valence-corrected chi connectivity index (χ3v) is 4.30. The van der Waals surface area contributed by atoms with Crippen molar-refractivity contribution in [3.63, 3.8) is 0 Å². The van der Waals surface area contributed by atoms with Crippen molar-refractivity contribution in [3.05, 3.63) is 52.7 Å². The second-order valence-electron chi connectivity index (χ2n) is 6.03. The molecule has 1 saturated carbocycles. The number of rotatable bonds is 4. The van der Waals surface area contributed by atoms with Crippen LogP contribution < -0.4 is 10.5 Å². The van der Waals surface area contributed by atoms with E-state index in [0.29, 0.717) is 11.8 Å². The van der Waals surface area contributed by atoms with Gasteiger partial charge in [-0.15, -0.1) is 0 Å². The highest BCUT2D eigenvalue weighted by Crippen LogP contribution is 2.38. The second-order valence-corrected chi connectivity index (χ2v) is 6.03. The fourth-order valence-corrected chi connectivity index (χ4v) is 2.89. The van der Waals surface area contributed by atoms with E-state index < -0.39 is 0 Å². The van der Waals surface area contributed by atoms with Gasteiger partial charge in [0.05, 0.1) is 12.2 Å². The van der Waals surface area contributed by atoms with Gasteiger partial charge in [-0.3, -0.25) is 9.78 Å². The highest BCUT2D eigenvalue weighted by atomic mass is 16.1. The van der Waals surface area contributed by atoms with Crippen molar-refractivity contribution in [2.75, 3.05) is 18.0 Å². The van der Waals surface area contributed by atoms with E-state index in [1.165, 1.54) is 18.5 Å². The molecule has 1 aliphatic heterocycles. The third kappa shape index (κ3) is 2.55. The first-order valence-corrected chi connectivity index (χ1v) is 7.52. The summed E-state index contributed by atoms with van der Waals surface area (Å²) in [6, 6.07) is 7.60. The maximum Gasteiger partial charge on any atom is 0.266 e. The fraction of sp³-hybridized carbons (Fsp3) is 0.438. The molecule has 1 saturated heterocycles. The summed E-state index contributed by atoms with van der Waals surface area (Å²) in [5, 5.41) is 4.53. The molecule has 2 fully saturated rings. The van der Waals surface area contributed by atoms with Crippen LogP contribution in [-0.2, 0) is 6.54 Å². The number of hydrogen-bond acceptors (Lipinski definition) is 4. The topological polar surface area (TPSA) is 51.0 Å². The Morgan fingerprint density at radius 3 is 2.57 bits per heavy atom. The zero-order valence-corrected chi connectivity index (χ0v) is 11.9. The lowest BCUT2D eigenvalue weighted by atomic mass is 9.99. The Bertz CT molecular complexity index is 687. The number of anilines is 1. The van der Waals surface area contributed by atoms with Crippen LogP contribution in [0.25, 0.3) is 0 Å². The van der Waals surface area contributed by atoms with Crippen molar-refractivity contribution in [1.29, 1.82) is 0 Å². The summed E-state index contributed by atoms with van der Waals surface area (Å²) in [6.07, 6.45) is 6.05. The molecule has 21 heavy (non-hydrogen) atoms. The first-order chi connectivity index (χ1) is 10.3. The van der Waals surface area contributed by atoms with Crippen LogP contribution in [0.5, 0.6) is 0 Å². The minimum Gasteiger partial charge on any atom is -0.371 e. The smallest absolute Gasteiger partial charge is 0.266 e. The van der Waals surface area contributed by atoms with E-state index in [1.54, 1.807) is 10.7 Å². The molecule has 108 valence electrons. The lowest BCUT2D eigenvalue weighted by Crippen LogP contribution is -2.49. The first kappa shape index (κ1) is 12.6.